The molecule has 36 heteroatoms. The minimum absolute atomic E-state index is 0.0879. The number of pyridine rings is 1. The molecular weight excluding hydrogens is 1530 g/mol. The van der Waals surface area contributed by atoms with Gasteiger partial charge in [0.25, 0.3) is 29.5 Å². The second-order valence-electron chi connectivity index (χ2n) is 27.0. The molecule has 2 aliphatic carbocycles. The molecule has 1 aliphatic heterocycles. The SMILES string of the molecule is Cc1cc(CNC(=O)c2sc3nnc(C)c(C)c3c2N)ccn1.Cc1nnc2sc(C(=O)NC3CC3)c(N)c2c1C.Cc1nnc2sc(C(=O)NCC3CC3)c(N)c2c1C.Cc1nnc2sc(C(=O)NCc3ccc(S(C)(=O)=O)cc3)c(N)c2c1C.Cc1nnc2sc(C(=O)NCc3ccc4c(c3)OCO4)c(N)c2c1C. The van der Waals surface area contributed by atoms with Crippen LogP contribution in [0.5, 0.6) is 11.5 Å². The van der Waals surface area contributed by atoms with E-state index in [9.17, 15) is 32.4 Å². The number of hydrogen-bond donors (Lipinski definition) is 10. The maximum absolute atomic E-state index is 12.6. The zero-order valence-corrected chi connectivity index (χ0v) is 67.6. The summed E-state index contributed by atoms with van der Waals surface area (Å²) in [5.41, 5.74) is 45.7. The standard InChI is InChI=1S/C17H18N4O3S2.C17H16N4O3S.C16H17N5OS.C13H16N4OS.C12H14N4OS/c1-9-10(2)20-21-17-13(9)14(18)15(25-17)16(22)19-8-11-4-6-12(7-5-11)26(3,23)24;1-8-9(2)20-21-17-13(8)14(18)15(25-17)16(22)19-6-10-3-4-11-12(5-10)24-7-23-11;1-8-6-11(4-5-18-8)7-19-15(22)14-13(17)12-9(2)10(3)20-21-16(12)23-14;1-6-7(2)16-17-13-9(6)10(14)11(19-13)12(18)15-5-8-3-4-8;1-5-6(2)15-16-12-8(5)9(13)10(18-12)11(17)14-7-3-4-7/h4-7H,8,18H2,1-3H3,(H,19,22);3-5H,6-7,18H2,1-2H3,(H,19,22);4-6H,7,17H2,1-3H3,(H,19,22);8H,3-5,14H2,1-2H3,(H,15,18);7H,3-4,13H2,1-2H3,(H,14,17). The van der Waals surface area contributed by atoms with Crippen molar-refractivity contribution in [2.24, 2.45) is 5.92 Å². The lowest BCUT2D eigenvalue weighted by atomic mass is 10.1. The van der Waals surface area contributed by atoms with Gasteiger partial charge in [-0.2, -0.15) is 25.5 Å². The number of nitrogens with zero attached hydrogens (tertiary/aromatic N) is 11. The predicted octanol–water partition coefficient (Wildman–Crippen LogP) is 11.1. The zero-order valence-electron chi connectivity index (χ0n) is 62.7. The van der Waals surface area contributed by atoms with Gasteiger partial charge in [-0.1, -0.05) is 18.2 Å². The van der Waals surface area contributed by atoms with E-state index < -0.39 is 9.84 Å². The fourth-order valence-electron chi connectivity index (χ4n) is 11.6. The molecule has 0 atom stereocenters. The largest absolute Gasteiger partial charge is 0.454 e. The summed E-state index contributed by atoms with van der Waals surface area (Å²) in [6.45, 7) is 23.0. The van der Waals surface area contributed by atoms with Crippen LogP contribution in [-0.2, 0) is 29.5 Å². The van der Waals surface area contributed by atoms with Crippen molar-refractivity contribution in [2.45, 2.75) is 132 Å². The molecule has 15 N–H and O–H groups in total. The Labute approximate surface area is 657 Å². The topological polar surface area (TPSA) is 470 Å². The normalized spacial score (nSPS) is 12.8. The van der Waals surface area contributed by atoms with Gasteiger partial charge in [0.05, 0.1) is 61.8 Å². The zero-order chi connectivity index (χ0) is 79.6. The molecule has 30 nitrogen and oxygen atoms in total. The number of fused-ring (bicyclic) bond motifs is 6. The second-order valence-corrected chi connectivity index (χ2v) is 34.0. The van der Waals surface area contributed by atoms with Gasteiger partial charge in [0.15, 0.2) is 21.3 Å². The summed E-state index contributed by atoms with van der Waals surface area (Å²) < 4.78 is 33.6. The van der Waals surface area contributed by atoms with Crippen molar-refractivity contribution in [2.75, 3.05) is 48.3 Å². The van der Waals surface area contributed by atoms with Crippen LogP contribution in [0.2, 0.25) is 0 Å². The Bertz CT molecular complexity index is 5970. The lowest BCUT2D eigenvalue weighted by Crippen LogP contribution is -2.25. The minimum atomic E-state index is -3.24. The molecule has 0 bridgehead atoms. The minimum Gasteiger partial charge on any atom is -0.454 e. The Balaban J connectivity index is 0.000000130. The highest BCUT2D eigenvalue weighted by Crippen LogP contribution is 2.41. The molecule has 111 heavy (non-hydrogen) atoms. The first kappa shape index (κ1) is 79.2. The van der Waals surface area contributed by atoms with E-state index >= 15 is 0 Å². The number of benzene rings is 2. The number of nitrogens with two attached hydrogens (primary N) is 5. The Morgan fingerprint density at radius 2 is 0.748 bits per heavy atom. The molecule has 11 aromatic heterocycles. The van der Waals surface area contributed by atoms with Crippen LogP contribution in [0.3, 0.4) is 0 Å². The maximum atomic E-state index is 12.6. The molecule has 0 spiro atoms. The number of carbonyl (C=O) groups excluding carboxylic acids is 5. The number of anilines is 5. The Morgan fingerprint density at radius 3 is 1.10 bits per heavy atom. The molecule has 0 saturated heterocycles. The predicted molar refractivity (Wildman–Crippen MR) is 437 cm³/mol. The van der Waals surface area contributed by atoms with Crippen molar-refractivity contribution in [3.63, 3.8) is 0 Å². The number of hydrogen-bond acceptors (Lipinski definition) is 30. The monoisotopic (exact) mass is 1610 g/mol. The highest BCUT2D eigenvalue weighted by molar-refractivity contribution is 7.90. The highest BCUT2D eigenvalue weighted by atomic mass is 32.2. The number of aromatic nitrogens is 11. The Hall–Kier alpha value is -11.3. The lowest BCUT2D eigenvalue weighted by molar-refractivity contribution is 0.0947. The van der Waals surface area contributed by atoms with Crippen LogP contribution in [-0.4, -0.2) is 120 Å². The molecule has 3 aliphatic rings. The number of ether oxygens (including phenoxy) is 2. The third-order valence-corrected chi connectivity index (χ3v) is 25.5. The highest BCUT2D eigenvalue weighted by Gasteiger charge is 2.29. The average Bonchev–Trinajstić information content (AvgIpc) is 1.66. The average molecular weight is 1610 g/mol. The molecule has 2 aromatic carbocycles. The number of aryl methyl sites for hydroxylation is 11. The summed E-state index contributed by atoms with van der Waals surface area (Å²) in [7, 11) is -3.24. The van der Waals surface area contributed by atoms with E-state index in [0.717, 1.165) is 141 Å². The number of nitrogens with one attached hydrogen (secondary N) is 5. The maximum Gasteiger partial charge on any atom is 0.263 e. The van der Waals surface area contributed by atoms with Crippen LogP contribution >= 0.6 is 56.7 Å². The van der Waals surface area contributed by atoms with Gasteiger partial charge >= 0.3 is 0 Å². The molecule has 0 unspecified atom stereocenters. The number of thiophene rings is 5. The van der Waals surface area contributed by atoms with Crippen molar-refractivity contribution in [1.29, 1.82) is 0 Å². The van der Waals surface area contributed by atoms with Crippen molar-refractivity contribution in [1.82, 2.24) is 82.6 Å². The van der Waals surface area contributed by atoms with Crippen LogP contribution < -0.4 is 64.7 Å². The number of sulfone groups is 1. The van der Waals surface area contributed by atoms with Crippen LogP contribution in [0, 0.1) is 82.1 Å². The molecule has 5 amide bonds. The molecular formula is C75H81N21O9S6. The van der Waals surface area contributed by atoms with Gasteiger partial charge in [-0.3, -0.25) is 29.0 Å². The van der Waals surface area contributed by atoms with Gasteiger partial charge in [-0.15, -0.1) is 82.2 Å². The second kappa shape index (κ2) is 33.1. The van der Waals surface area contributed by atoms with Crippen LogP contribution in [0.25, 0.3) is 51.1 Å². The summed E-state index contributed by atoms with van der Waals surface area (Å²) in [4.78, 5) is 72.0. The quantitative estimate of drug-likeness (QED) is 0.0456. The van der Waals surface area contributed by atoms with Gasteiger partial charge in [0.2, 0.25) is 6.79 Å². The first-order valence-corrected chi connectivity index (χ1v) is 40.9. The number of amides is 5. The fraction of sp³-hybridized carbons (Fsp3) is 0.307. The van der Waals surface area contributed by atoms with E-state index in [0.29, 0.717) is 104 Å². The lowest BCUT2D eigenvalue weighted by Gasteiger charge is -2.06. The van der Waals surface area contributed by atoms with E-state index in [4.69, 9.17) is 38.1 Å². The number of rotatable bonds is 15. The number of nitrogen functional groups attached to an aromatic ring is 5. The van der Waals surface area contributed by atoms with E-state index in [-0.39, 0.29) is 47.8 Å². The van der Waals surface area contributed by atoms with Gasteiger partial charge in [-0.05, 0) is 189 Å². The summed E-state index contributed by atoms with van der Waals surface area (Å²) in [6, 6.07) is 16.1. The third-order valence-electron chi connectivity index (χ3n) is 19.0. The molecule has 2 fully saturated rings. The van der Waals surface area contributed by atoms with Crippen molar-refractivity contribution < 1.29 is 41.9 Å². The van der Waals surface area contributed by atoms with E-state index in [2.05, 4.69) is 82.6 Å². The van der Waals surface area contributed by atoms with Gasteiger partial charge in [-0.25, -0.2) is 8.42 Å². The van der Waals surface area contributed by atoms with E-state index in [1.807, 2.05) is 106 Å². The fourth-order valence-corrected chi connectivity index (χ4v) is 17.3. The van der Waals surface area contributed by atoms with Gasteiger partial charge < -0.3 is 64.7 Å². The molecule has 576 valence electrons. The van der Waals surface area contributed by atoms with Crippen molar-refractivity contribution in [3.05, 3.63) is 164 Å². The Morgan fingerprint density at radius 1 is 0.414 bits per heavy atom. The molecule has 16 rings (SSSR count). The van der Waals surface area contributed by atoms with E-state index in [1.165, 1.54) is 81.7 Å². The van der Waals surface area contributed by atoms with Gasteiger partial charge in [0, 0.05) is 77.3 Å². The number of carbonyl (C=O) groups is 5. The van der Waals surface area contributed by atoms with Crippen molar-refractivity contribution in [3.8, 4) is 11.5 Å². The summed E-state index contributed by atoms with van der Waals surface area (Å²) >= 11 is 6.36. The third kappa shape index (κ3) is 17.6. The van der Waals surface area contributed by atoms with Gasteiger partial charge in [0.1, 0.15) is 48.5 Å². The first-order valence-electron chi connectivity index (χ1n) is 35.0. The molecule has 2 saturated carbocycles. The smallest absolute Gasteiger partial charge is 0.263 e. The van der Waals surface area contributed by atoms with Crippen LogP contribution in [0.4, 0.5) is 28.4 Å². The summed E-state index contributed by atoms with van der Waals surface area (Å²) in [5.74, 6) is 1.16. The van der Waals surface area contributed by atoms with Crippen LogP contribution in [0.15, 0.2) is 65.7 Å². The molecule has 12 heterocycles. The van der Waals surface area contributed by atoms with Crippen LogP contribution in [0.1, 0.15) is 153 Å². The molecule has 13 aromatic rings. The summed E-state index contributed by atoms with van der Waals surface area (Å²) in [6.07, 6.45) is 7.44. The first-order chi connectivity index (χ1) is 52.8. The Kier molecular flexibility index (Phi) is 23.6. The van der Waals surface area contributed by atoms with E-state index in [1.54, 1.807) is 18.3 Å². The molecule has 0 radical (unpaired) electrons. The summed E-state index contributed by atoms with van der Waals surface area (Å²) in [5, 5.41) is 59.6. The van der Waals surface area contributed by atoms with Crippen molar-refractivity contribution >= 4 is 176 Å².